The molecular formula is C9H17S+. The average Bonchev–Trinajstić information content (AvgIpc) is 2.44. The van der Waals surface area contributed by atoms with Gasteiger partial charge in [0.05, 0.1) is 12.5 Å². The Hall–Kier alpha value is 0.350. The predicted octanol–water partition coefficient (Wildman–Crippen LogP) is 2.05. The molecule has 2 rings (SSSR count). The van der Waals surface area contributed by atoms with Crippen molar-refractivity contribution in [2.45, 2.75) is 30.9 Å². The van der Waals surface area contributed by atoms with Crippen LogP contribution in [0, 0.1) is 11.8 Å². The molecule has 1 heteroatoms. The Balaban J connectivity index is 2.02. The summed E-state index contributed by atoms with van der Waals surface area (Å²) >= 11 is 0. The molecule has 2 fully saturated rings. The van der Waals surface area contributed by atoms with Gasteiger partial charge >= 0.3 is 0 Å². The summed E-state index contributed by atoms with van der Waals surface area (Å²) < 4.78 is 0. The molecule has 2 aliphatic rings. The van der Waals surface area contributed by atoms with Crippen LogP contribution in [0.25, 0.3) is 0 Å². The lowest BCUT2D eigenvalue weighted by molar-refractivity contribution is 0.490. The van der Waals surface area contributed by atoms with E-state index in [9.17, 15) is 0 Å². The van der Waals surface area contributed by atoms with Crippen molar-refractivity contribution >= 4 is 10.9 Å². The summed E-state index contributed by atoms with van der Waals surface area (Å²) in [6.45, 7) is 0. The molecule has 3 atom stereocenters. The maximum absolute atomic E-state index is 2.42. The van der Waals surface area contributed by atoms with Crippen LogP contribution in [0.2, 0.25) is 0 Å². The minimum atomic E-state index is 0.710. The monoisotopic (exact) mass is 157 g/mol. The van der Waals surface area contributed by atoms with Crippen molar-refractivity contribution in [3.63, 3.8) is 0 Å². The molecule has 2 saturated carbocycles. The Bertz CT molecular complexity index is 131. The average molecular weight is 157 g/mol. The molecular weight excluding hydrogens is 140 g/mol. The Morgan fingerprint density at radius 2 is 1.90 bits per heavy atom. The molecule has 3 unspecified atom stereocenters. The predicted molar refractivity (Wildman–Crippen MR) is 48.4 cm³/mol. The Kier molecular flexibility index (Phi) is 1.71. The molecule has 58 valence electrons. The van der Waals surface area contributed by atoms with Crippen LogP contribution in [0.1, 0.15) is 25.7 Å². The van der Waals surface area contributed by atoms with Gasteiger partial charge in [0.1, 0.15) is 5.25 Å². The summed E-state index contributed by atoms with van der Waals surface area (Å²) in [5.74, 6) is 2.29. The maximum atomic E-state index is 2.42. The molecule has 0 aromatic rings. The van der Waals surface area contributed by atoms with Gasteiger partial charge in [-0.3, -0.25) is 0 Å². The van der Waals surface area contributed by atoms with Crippen LogP contribution in [0.3, 0.4) is 0 Å². The molecule has 0 aliphatic heterocycles. The van der Waals surface area contributed by atoms with Crippen molar-refractivity contribution in [3.8, 4) is 0 Å². The Morgan fingerprint density at radius 3 is 2.20 bits per heavy atom. The summed E-state index contributed by atoms with van der Waals surface area (Å²) in [6.07, 6.45) is 11.1. The summed E-state index contributed by atoms with van der Waals surface area (Å²) in [6, 6.07) is 0. The second-order valence-corrected chi connectivity index (χ2v) is 6.46. The summed E-state index contributed by atoms with van der Waals surface area (Å²) in [4.78, 5) is 0. The molecule has 0 aromatic carbocycles. The first-order chi connectivity index (χ1) is 4.77. The van der Waals surface area contributed by atoms with E-state index in [1.54, 1.807) is 25.7 Å². The van der Waals surface area contributed by atoms with E-state index in [2.05, 4.69) is 12.5 Å². The van der Waals surface area contributed by atoms with E-state index in [1.165, 1.54) is 0 Å². The highest BCUT2D eigenvalue weighted by Crippen LogP contribution is 2.47. The zero-order valence-electron chi connectivity index (χ0n) is 6.97. The van der Waals surface area contributed by atoms with Gasteiger partial charge in [-0.1, -0.05) is 0 Å². The third kappa shape index (κ3) is 0.990. The molecule has 0 spiro atoms. The van der Waals surface area contributed by atoms with Gasteiger partial charge in [-0.05, 0) is 42.5 Å². The Morgan fingerprint density at radius 1 is 1.10 bits per heavy atom. The molecule has 0 saturated heterocycles. The van der Waals surface area contributed by atoms with Gasteiger partial charge in [0.2, 0.25) is 0 Å². The van der Waals surface area contributed by atoms with Gasteiger partial charge in [0.15, 0.2) is 0 Å². The lowest BCUT2D eigenvalue weighted by Crippen LogP contribution is -2.25. The quantitative estimate of drug-likeness (QED) is 0.511. The van der Waals surface area contributed by atoms with E-state index in [-0.39, 0.29) is 0 Å². The van der Waals surface area contributed by atoms with Crippen LogP contribution in [-0.4, -0.2) is 17.8 Å². The third-order valence-corrected chi connectivity index (χ3v) is 5.07. The lowest BCUT2D eigenvalue weighted by Gasteiger charge is -2.17. The van der Waals surface area contributed by atoms with E-state index in [0.717, 1.165) is 17.1 Å². The smallest absolute Gasteiger partial charge is 0.0498 e. The van der Waals surface area contributed by atoms with E-state index in [4.69, 9.17) is 0 Å². The van der Waals surface area contributed by atoms with Gasteiger partial charge in [0, 0.05) is 5.92 Å². The molecule has 0 radical (unpaired) electrons. The van der Waals surface area contributed by atoms with Crippen molar-refractivity contribution in [2.24, 2.45) is 11.8 Å². The highest BCUT2D eigenvalue weighted by atomic mass is 32.2. The third-order valence-electron chi connectivity index (χ3n) is 3.28. The maximum Gasteiger partial charge on any atom is 0.120 e. The summed E-state index contributed by atoms with van der Waals surface area (Å²) in [7, 11) is 0.710. The van der Waals surface area contributed by atoms with Crippen LogP contribution >= 0.6 is 0 Å². The van der Waals surface area contributed by atoms with E-state index < -0.39 is 0 Å². The number of hydrogen-bond donors (Lipinski definition) is 0. The topological polar surface area (TPSA) is 0 Å². The summed E-state index contributed by atoms with van der Waals surface area (Å²) in [5, 5.41) is 1.12. The number of rotatable bonds is 1. The SMILES string of the molecule is C[S+](C)C1CC2CCC1C2. The van der Waals surface area contributed by atoms with Crippen molar-refractivity contribution in [1.29, 1.82) is 0 Å². The minimum absolute atomic E-state index is 0.710. The fourth-order valence-electron chi connectivity index (χ4n) is 2.76. The van der Waals surface area contributed by atoms with Crippen molar-refractivity contribution in [1.82, 2.24) is 0 Å². The lowest BCUT2D eigenvalue weighted by atomic mass is 10.0. The molecule has 0 nitrogen and oxygen atoms in total. The van der Waals surface area contributed by atoms with Gasteiger partial charge in [0.25, 0.3) is 0 Å². The standard InChI is InChI=1S/C9H17S/c1-10(2)9-6-7-3-4-8(9)5-7/h7-9H,3-6H2,1-2H3/q+1. The van der Waals surface area contributed by atoms with Crippen LogP contribution in [0.15, 0.2) is 0 Å². The molecule has 2 aliphatic carbocycles. The van der Waals surface area contributed by atoms with Crippen LogP contribution in [0.5, 0.6) is 0 Å². The number of fused-ring (bicyclic) bond motifs is 2. The molecule has 0 aromatic heterocycles. The highest BCUT2D eigenvalue weighted by Gasteiger charge is 2.45. The van der Waals surface area contributed by atoms with Gasteiger partial charge in [-0.15, -0.1) is 0 Å². The van der Waals surface area contributed by atoms with Gasteiger partial charge in [-0.2, -0.15) is 0 Å². The normalized spacial score (nSPS) is 45.3. The highest BCUT2D eigenvalue weighted by molar-refractivity contribution is 7.96. The zero-order chi connectivity index (χ0) is 7.14. The zero-order valence-corrected chi connectivity index (χ0v) is 7.79. The second-order valence-electron chi connectivity index (χ2n) is 4.09. The first-order valence-electron chi connectivity index (χ1n) is 4.34. The molecule has 0 amide bonds. The Labute approximate surface area is 66.7 Å². The van der Waals surface area contributed by atoms with Crippen LogP contribution in [-0.2, 0) is 10.9 Å². The van der Waals surface area contributed by atoms with E-state index in [1.807, 2.05) is 0 Å². The number of hydrogen-bond acceptors (Lipinski definition) is 0. The van der Waals surface area contributed by atoms with Crippen molar-refractivity contribution < 1.29 is 0 Å². The molecule has 0 heterocycles. The van der Waals surface area contributed by atoms with Gasteiger partial charge in [-0.25, -0.2) is 0 Å². The summed E-state index contributed by atoms with van der Waals surface area (Å²) in [5.41, 5.74) is 0. The van der Waals surface area contributed by atoms with Crippen molar-refractivity contribution in [2.75, 3.05) is 12.5 Å². The van der Waals surface area contributed by atoms with E-state index in [0.29, 0.717) is 10.9 Å². The molecule has 0 N–H and O–H groups in total. The first kappa shape index (κ1) is 7.02. The molecule has 2 bridgehead atoms. The molecule has 10 heavy (non-hydrogen) atoms. The second kappa shape index (κ2) is 2.44. The minimum Gasteiger partial charge on any atom is -0.0498 e. The largest absolute Gasteiger partial charge is 0.120 e. The fraction of sp³-hybridized carbons (Fsp3) is 1.00. The van der Waals surface area contributed by atoms with Gasteiger partial charge < -0.3 is 0 Å². The fourth-order valence-corrected chi connectivity index (χ4v) is 4.44. The van der Waals surface area contributed by atoms with Crippen LogP contribution < -0.4 is 0 Å². The van der Waals surface area contributed by atoms with Crippen LogP contribution in [0.4, 0.5) is 0 Å². The van der Waals surface area contributed by atoms with Crippen molar-refractivity contribution in [3.05, 3.63) is 0 Å². The van der Waals surface area contributed by atoms with E-state index >= 15 is 0 Å². The first-order valence-corrected chi connectivity index (χ1v) is 6.44.